The molecule has 0 spiro atoms. The summed E-state index contributed by atoms with van der Waals surface area (Å²) in [5.74, 6) is -2.30. The molecule has 33 heavy (non-hydrogen) atoms. The van der Waals surface area contributed by atoms with Gasteiger partial charge in [-0.05, 0) is 32.1 Å². The van der Waals surface area contributed by atoms with E-state index in [4.69, 9.17) is 27.6 Å². The van der Waals surface area contributed by atoms with E-state index in [0.717, 1.165) is 24.3 Å². The Morgan fingerprint density at radius 2 is 1.97 bits per heavy atom. The highest BCUT2D eigenvalue weighted by atomic mass is 35.5. The molecule has 4 rings (SSSR count). The number of aromatic hydroxyl groups is 2. The zero-order valence-corrected chi connectivity index (χ0v) is 18.6. The Balaban J connectivity index is 1.95. The summed E-state index contributed by atoms with van der Waals surface area (Å²) in [7, 11) is 1.74. The van der Waals surface area contributed by atoms with Gasteiger partial charge in [0.1, 0.15) is 40.7 Å². The molecule has 1 aliphatic rings. The number of hydrogen-bond donors (Lipinski definition) is 2. The van der Waals surface area contributed by atoms with Crippen LogP contribution < -0.4 is 5.43 Å². The molecular formula is C21H17Cl2FN2O7. The Labute approximate surface area is 195 Å². The summed E-state index contributed by atoms with van der Waals surface area (Å²) in [6.07, 6.45) is 0.458. The number of hydrogen-bond acceptors (Lipinski definition) is 8. The van der Waals surface area contributed by atoms with Crippen LogP contribution in [0.4, 0.5) is 4.39 Å². The van der Waals surface area contributed by atoms with Crippen LogP contribution in [0.2, 0.25) is 10.0 Å². The Morgan fingerprint density at radius 1 is 1.24 bits per heavy atom. The maximum Gasteiger partial charge on any atom is 0.294 e. The number of rotatable bonds is 5. The van der Waals surface area contributed by atoms with Crippen LogP contribution in [-0.2, 0) is 4.84 Å². The third-order valence-corrected chi connectivity index (χ3v) is 6.42. The van der Waals surface area contributed by atoms with E-state index in [2.05, 4.69) is 4.84 Å². The van der Waals surface area contributed by atoms with E-state index >= 15 is 0 Å². The molecule has 3 aromatic rings. The standard InChI is InChI=1S/C21H17Cl2FN2O7/c1-25-3-2-9(14(25)8-32-26(30)31)19-15(27)6-16(28)20-17(29)7-18(33-21(19)20)10-4-13(24)12(23)5-11(10)22/h4-7,9,14,27-28H,2-3,8H2,1H3/t9-,14+/m0/s1. The second-order valence-electron chi connectivity index (χ2n) is 7.72. The zero-order chi connectivity index (χ0) is 24.0. The molecule has 1 aromatic heterocycles. The van der Waals surface area contributed by atoms with Crippen molar-refractivity contribution in [2.24, 2.45) is 0 Å². The summed E-state index contributed by atoms with van der Waals surface area (Å²) >= 11 is 11.9. The van der Waals surface area contributed by atoms with Crippen molar-refractivity contribution in [3.05, 3.63) is 66.0 Å². The van der Waals surface area contributed by atoms with Crippen LogP contribution in [0.5, 0.6) is 11.5 Å². The highest BCUT2D eigenvalue weighted by molar-refractivity contribution is 6.36. The smallest absolute Gasteiger partial charge is 0.294 e. The number of likely N-dealkylation sites (N-methyl/N-ethyl adjacent to an activating group) is 1. The van der Waals surface area contributed by atoms with Gasteiger partial charge in [-0.15, -0.1) is 10.1 Å². The lowest BCUT2D eigenvalue weighted by Gasteiger charge is -2.25. The predicted molar refractivity (Wildman–Crippen MR) is 118 cm³/mol. The fourth-order valence-corrected chi connectivity index (χ4v) is 4.73. The SMILES string of the molecule is CN1CC[C@H](c2c(O)cc(O)c3c(=O)cc(-c4cc(F)c(Cl)cc4Cl)oc23)[C@H]1CO[N+](=O)[O-]. The van der Waals surface area contributed by atoms with Gasteiger partial charge in [-0.25, -0.2) is 4.39 Å². The largest absolute Gasteiger partial charge is 0.507 e. The van der Waals surface area contributed by atoms with Gasteiger partial charge in [0.2, 0.25) is 0 Å². The molecule has 0 saturated carbocycles. The second-order valence-corrected chi connectivity index (χ2v) is 8.53. The molecular weight excluding hydrogens is 482 g/mol. The fraction of sp³-hybridized carbons (Fsp3) is 0.286. The van der Waals surface area contributed by atoms with Gasteiger partial charge in [0.05, 0.1) is 10.0 Å². The summed E-state index contributed by atoms with van der Waals surface area (Å²) in [6, 6.07) is 3.71. The minimum absolute atomic E-state index is 0.0210. The number of phenolic OH excluding ortho intramolecular Hbond substituents is 2. The Hall–Kier alpha value is -3.08. The van der Waals surface area contributed by atoms with E-state index in [9.17, 15) is 29.5 Å². The van der Waals surface area contributed by atoms with Crippen LogP contribution in [0.15, 0.2) is 33.5 Å². The van der Waals surface area contributed by atoms with Crippen LogP contribution in [0, 0.1) is 15.9 Å². The number of benzene rings is 2. The summed E-state index contributed by atoms with van der Waals surface area (Å²) in [6.45, 7) is 0.241. The maximum absolute atomic E-state index is 14.1. The first kappa shape index (κ1) is 23.1. The van der Waals surface area contributed by atoms with Gasteiger partial charge in [0.15, 0.2) is 5.43 Å². The highest BCUT2D eigenvalue weighted by Gasteiger charge is 2.38. The summed E-state index contributed by atoms with van der Waals surface area (Å²) in [5, 5.41) is 30.5. The Morgan fingerprint density at radius 3 is 2.67 bits per heavy atom. The first-order valence-electron chi connectivity index (χ1n) is 9.73. The van der Waals surface area contributed by atoms with Crippen LogP contribution in [-0.4, -0.2) is 46.4 Å². The van der Waals surface area contributed by atoms with Crippen LogP contribution in [0.1, 0.15) is 17.9 Å². The molecule has 1 saturated heterocycles. The fourth-order valence-electron chi connectivity index (χ4n) is 4.25. The molecule has 9 nitrogen and oxygen atoms in total. The van der Waals surface area contributed by atoms with Crippen LogP contribution in [0.3, 0.4) is 0 Å². The summed E-state index contributed by atoms with van der Waals surface area (Å²) < 4.78 is 20.0. The van der Waals surface area contributed by atoms with Gasteiger partial charge in [0, 0.05) is 35.2 Å². The van der Waals surface area contributed by atoms with Crippen LogP contribution in [0.25, 0.3) is 22.3 Å². The second kappa shape index (κ2) is 8.69. The number of fused-ring (bicyclic) bond motifs is 1. The van der Waals surface area contributed by atoms with Crippen molar-refractivity contribution in [2.75, 3.05) is 20.2 Å². The summed E-state index contributed by atoms with van der Waals surface area (Å²) in [5.41, 5.74) is -0.564. The van der Waals surface area contributed by atoms with Crippen molar-refractivity contribution < 1.29 is 28.9 Å². The minimum atomic E-state index is -0.909. The van der Waals surface area contributed by atoms with E-state index in [-0.39, 0.29) is 50.3 Å². The molecule has 2 aromatic carbocycles. The Kier molecular flexibility index (Phi) is 6.08. The van der Waals surface area contributed by atoms with E-state index in [1.165, 1.54) is 0 Å². The quantitative estimate of drug-likeness (QED) is 0.302. The lowest BCUT2D eigenvalue weighted by atomic mass is 9.89. The van der Waals surface area contributed by atoms with Gasteiger partial charge in [-0.1, -0.05) is 23.2 Å². The van der Waals surface area contributed by atoms with Gasteiger partial charge in [0.25, 0.3) is 5.09 Å². The lowest BCUT2D eigenvalue weighted by Crippen LogP contribution is -2.34. The highest BCUT2D eigenvalue weighted by Crippen LogP contribution is 2.45. The van der Waals surface area contributed by atoms with Gasteiger partial charge >= 0.3 is 0 Å². The third-order valence-electron chi connectivity index (χ3n) is 5.82. The number of halogens is 3. The molecule has 2 atom stereocenters. The molecule has 2 N–H and O–H groups in total. The van der Waals surface area contributed by atoms with Crippen molar-refractivity contribution in [1.82, 2.24) is 4.90 Å². The molecule has 12 heteroatoms. The minimum Gasteiger partial charge on any atom is -0.507 e. The zero-order valence-electron chi connectivity index (χ0n) is 17.0. The van der Waals surface area contributed by atoms with Gasteiger partial charge < -0.3 is 24.4 Å². The number of phenols is 2. The van der Waals surface area contributed by atoms with E-state index in [1.807, 2.05) is 4.90 Å². The molecule has 0 bridgehead atoms. The van der Waals surface area contributed by atoms with Crippen LogP contribution >= 0.6 is 23.2 Å². The monoisotopic (exact) mass is 498 g/mol. The molecule has 1 aliphatic heterocycles. The molecule has 0 amide bonds. The number of likely N-dealkylation sites (tertiary alicyclic amines) is 1. The molecule has 1 fully saturated rings. The first-order valence-corrected chi connectivity index (χ1v) is 10.5. The molecule has 0 unspecified atom stereocenters. The maximum atomic E-state index is 14.1. The molecule has 2 heterocycles. The van der Waals surface area contributed by atoms with Crippen molar-refractivity contribution in [3.8, 4) is 22.8 Å². The average Bonchev–Trinajstić information content (AvgIpc) is 3.08. The van der Waals surface area contributed by atoms with Gasteiger partial charge in [-0.2, -0.15) is 0 Å². The average molecular weight is 499 g/mol. The summed E-state index contributed by atoms with van der Waals surface area (Å²) in [4.78, 5) is 30.0. The molecule has 0 radical (unpaired) electrons. The van der Waals surface area contributed by atoms with E-state index < -0.39 is 34.0 Å². The van der Waals surface area contributed by atoms with Crippen molar-refractivity contribution in [1.29, 1.82) is 0 Å². The van der Waals surface area contributed by atoms with E-state index in [0.29, 0.717) is 13.0 Å². The van der Waals surface area contributed by atoms with Crippen molar-refractivity contribution >= 4 is 34.2 Å². The Bertz CT molecular complexity index is 1330. The topological polar surface area (TPSA) is 126 Å². The van der Waals surface area contributed by atoms with Crippen molar-refractivity contribution in [2.45, 2.75) is 18.4 Å². The van der Waals surface area contributed by atoms with Crippen molar-refractivity contribution in [3.63, 3.8) is 0 Å². The molecule has 174 valence electrons. The number of nitrogens with zero attached hydrogens (tertiary/aromatic N) is 2. The van der Waals surface area contributed by atoms with Gasteiger partial charge in [-0.3, -0.25) is 4.79 Å². The normalized spacial score (nSPS) is 18.7. The third kappa shape index (κ3) is 4.17. The first-order chi connectivity index (χ1) is 15.6. The van der Waals surface area contributed by atoms with E-state index in [1.54, 1.807) is 7.05 Å². The predicted octanol–water partition coefficient (Wildman–Crippen LogP) is 4.31. The lowest BCUT2D eigenvalue weighted by molar-refractivity contribution is -0.758. The molecule has 0 aliphatic carbocycles.